The highest BCUT2D eigenvalue weighted by Gasteiger charge is 2.17. The summed E-state index contributed by atoms with van der Waals surface area (Å²) in [6.07, 6.45) is 34.1. The van der Waals surface area contributed by atoms with E-state index in [2.05, 4.69) is 65.7 Å². The maximum atomic E-state index is 2.57. The minimum absolute atomic E-state index is 0.998. The van der Waals surface area contributed by atoms with Gasteiger partial charge >= 0.3 is 0 Å². The molecule has 1 heterocycles. The fourth-order valence-electron chi connectivity index (χ4n) is 5.45. The summed E-state index contributed by atoms with van der Waals surface area (Å²) in [6, 6.07) is 11.0. The number of rotatable bonds is 24. The number of aryl methyl sites for hydroxylation is 1. The van der Waals surface area contributed by atoms with Crippen LogP contribution >= 0.6 is 0 Å². The quantitative estimate of drug-likeness (QED) is 0.101. The van der Waals surface area contributed by atoms with Gasteiger partial charge in [-0.25, -0.2) is 9.13 Å². The first-order valence-electron chi connectivity index (χ1n) is 16.0. The molecule has 2 heteroatoms. The van der Waals surface area contributed by atoms with Crippen LogP contribution in [0.1, 0.15) is 154 Å². The van der Waals surface area contributed by atoms with Crippen molar-refractivity contribution in [3.63, 3.8) is 0 Å². The Morgan fingerprint density at radius 1 is 0.556 bits per heavy atom. The van der Waals surface area contributed by atoms with Crippen molar-refractivity contribution in [3.05, 3.63) is 54.1 Å². The van der Waals surface area contributed by atoms with E-state index in [0.717, 1.165) is 6.54 Å². The molecule has 0 spiro atoms. The van der Waals surface area contributed by atoms with Crippen LogP contribution in [0.4, 0.5) is 0 Å². The number of aromatic nitrogens is 2. The second kappa shape index (κ2) is 21.5. The Bertz CT molecular complexity index is 733. The first-order chi connectivity index (χ1) is 17.8. The van der Waals surface area contributed by atoms with E-state index in [1.54, 1.807) is 0 Å². The Morgan fingerprint density at radius 2 is 1.03 bits per heavy atom. The van der Waals surface area contributed by atoms with E-state index in [1.807, 2.05) is 0 Å². The summed E-state index contributed by atoms with van der Waals surface area (Å²) >= 11 is 0. The van der Waals surface area contributed by atoms with Crippen LogP contribution in [0.5, 0.6) is 0 Å². The van der Waals surface area contributed by atoms with Gasteiger partial charge in [-0.3, -0.25) is 0 Å². The van der Waals surface area contributed by atoms with Gasteiger partial charge in [-0.05, 0) is 24.8 Å². The molecule has 0 saturated carbocycles. The zero-order chi connectivity index (χ0) is 25.5. The number of benzene rings is 1. The van der Waals surface area contributed by atoms with Gasteiger partial charge in [-0.15, -0.1) is 0 Å². The fraction of sp³-hybridized carbons (Fsp3) is 0.735. The molecule has 0 bridgehead atoms. The first kappa shape index (κ1) is 30.7. The maximum Gasteiger partial charge on any atom is 0.256 e. The van der Waals surface area contributed by atoms with Gasteiger partial charge in [0, 0.05) is 6.42 Å². The van der Waals surface area contributed by atoms with Crippen LogP contribution in [0.25, 0.3) is 0 Å². The summed E-state index contributed by atoms with van der Waals surface area (Å²) in [4.78, 5) is 0. The second-order valence-corrected chi connectivity index (χ2v) is 11.1. The number of unbranched alkanes of at least 4 members (excludes halogenated alkanes) is 18. The van der Waals surface area contributed by atoms with Gasteiger partial charge in [0.05, 0.1) is 6.54 Å². The molecule has 204 valence electrons. The summed E-state index contributed by atoms with van der Waals surface area (Å²) in [5.74, 6) is 1.53. The zero-order valence-corrected chi connectivity index (χ0v) is 24.2. The minimum atomic E-state index is 0.998. The van der Waals surface area contributed by atoms with Crippen molar-refractivity contribution in [2.24, 2.45) is 0 Å². The van der Waals surface area contributed by atoms with E-state index >= 15 is 0 Å². The Morgan fingerprint density at radius 3 is 1.56 bits per heavy atom. The van der Waals surface area contributed by atoms with Crippen molar-refractivity contribution < 1.29 is 4.57 Å². The van der Waals surface area contributed by atoms with Crippen molar-refractivity contribution in [1.29, 1.82) is 0 Å². The van der Waals surface area contributed by atoms with Crippen LogP contribution in [0, 0.1) is 0 Å². The number of hydrogen-bond donors (Lipinski definition) is 0. The van der Waals surface area contributed by atoms with E-state index in [9.17, 15) is 0 Å². The van der Waals surface area contributed by atoms with Gasteiger partial charge in [0.15, 0.2) is 0 Å². The molecule has 0 aliphatic rings. The summed E-state index contributed by atoms with van der Waals surface area (Å²) in [5, 5.41) is 0. The van der Waals surface area contributed by atoms with E-state index < -0.39 is 0 Å². The molecule has 0 atom stereocenters. The highest BCUT2D eigenvalue weighted by atomic mass is 15.1. The van der Waals surface area contributed by atoms with Crippen LogP contribution in [0.15, 0.2) is 42.7 Å². The van der Waals surface area contributed by atoms with E-state index in [-0.39, 0.29) is 0 Å². The fourth-order valence-corrected chi connectivity index (χ4v) is 5.45. The lowest BCUT2D eigenvalue weighted by molar-refractivity contribution is -0.695. The molecule has 2 nitrogen and oxygen atoms in total. The Balaban J connectivity index is 1.66. The molecule has 0 fully saturated rings. The standard InChI is InChI=1S/C34H59N2/c1-3-5-7-9-11-12-13-14-15-16-18-20-25-29-35-30-31-36(32-33-26-22-21-23-27-33)34(35)28-24-19-17-10-8-6-4-2/h21-23,26-27,30-31H,3-20,24-25,28-29,32H2,1-2H3/q+1. The first-order valence-corrected chi connectivity index (χ1v) is 16.0. The van der Waals surface area contributed by atoms with Crippen LogP contribution < -0.4 is 4.57 Å². The molecule has 0 aliphatic heterocycles. The predicted molar refractivity (Wildman–Crippen MR) is 158 cm³/mol. The molecule has 2 aromatic rings. The average molecular weight is 496 g/mol. The molecule has 0 amide bonds. The van der Waals surface area contributed by atoms with Crippen molar-refractivity contribution in [2.75, 3.05) is 0 Å². The maximum absolute atomic E-state index is 2.57. The smallest absolute Gasteiger partial charge is 0.234 e. The van der Waals surface area contributed by atoms with Gasteiger partial charge in [0.1, 0.15) is 18.9 Å². The third-order valence-electron chi connectivity index (χ3n) is 7.79. The Labute approximate surface area is 224 Å². The third-order valence-corrected chi connectivity index (χ3v) is 7.79. The Hall–Kier alpha value is -1.57. The molecule has 0 N–H and O–H groups in total. The van der Waals surface area contributed by atoms with Gasteiger partial charge in [0.25, 0.3) is 5.82 Å². The largest absolute Gasteiger partial charge is 0.256 e. The van der Waals surface area contributed by atoms with E-state index in [0.29, 0.717) is 0 Å². The highest BCUT2D eigenvalue weighted by Crippen LogP contribution is 2.14. The molecule has 0 unspecified atom stereocenters. The second-order valence-electron chi connectivity index (χ2n) is 11.1. The minimum Gasteiger partial charge on any atom is -0.234 e. The predicted octanol–water partition coefficient (Wildman–Crippen LogP) is 10.2. The molecule has 36 heavy (non-hydrogen) atoms. The third kappa shape index (κ3) is 14.2. The van der Waals surface area contributed by atoms with Crippen molar-refractivity contribution in [1.82, 2.24) is 4.57 Å². The van der Waals surface area contributed by atoms with Crippen molar-refractivity contribution >= 4 is 0 Å². The van der Waals surface area contributed by atoms with E-state index in [4.69, 9.17) is 0 Å². The van der Waals surface area contributed by atoms with Crippen molar-refractivity contribution in [3.8, 4) is 0 Å². The SMILES string of the molecule is CCCCCCCCCCCCCCCn1cc[n+](Cc2ccccc2)c1CCCCCCCCC. The lowest BCUT2D eigenvalue weighted by atomic mass is 10.0. The molecule has 0 saturated heterocycles. The Kier molecular flexibility index (Phi) is 18.3. The lowest BCUT2D eigenvalue weighted by Crippen LogP contribution is -2.37. The van der Waals surface area contributed by atoms with Gasteiger partial charge < -0.3 is 0 Å². The topological polar surface area (TPSA) is 8.81 Å². The average Bonchev–Trinajstić information content (AvgIpc) is 3.27. The summed E-state index contributed by atoms with van der Waals surface area (Å²) in [6.45, 7) is 6.79. The van der Waals surface area contributed by atoms with Crippen LogP contribution in [0.3, 0.4) is 0 Å². The summed E-state index contributed by atoms with van der Waals surface area (Å²) < 4.78 is 5.08. The molecular weight excluding hydrogens is 436 g/mol. The summed E-state index contributed by atoms with van der Waals surface area (Å²) in [7, 11) is 0. The van der Waals surface area contributed by atoms with Crippen LogP contribution in [-0.2, 0) is 19.5 Å². The zero-order valence-electron chi connectivity index (χ0n) is 24.2. The molecule has 0 radical (unpaired) electrons. The van der Waals surface area contributed by atoms with Gasteiger partial charge in [0.2, 0.25) is 0 Å². The molecular formula is C34H59N2+. The lowest BCUT2D eigenvalue weighted by Gasteiger charge is -2.07. The molecule has 0 aliphatic carbocycles. The monoisotopic (exact) mass is 495 g/mol. The van der Waals surface area contributed by atoms with Crippen LogP contribution in [-0.4, -0.2) is 4.57 Å². The van der Waals surface area contributed by atoms with Crippen LogP contribution in [0.2, 0.25) is 0 Å². The molecule has 2 rings (SSSR count). The number of nitrogens with zero attached hydrogens (tertiary/aromatic N) is 2. The number of hydrogen-bond acceptors (Lipinski definition) is 0. The van der Waals surface area contributed by atoms with Gasteiger partial charge in [-0.2, -0.15) is 0 Å². The molecule has 1 aromatic heterocycles. The number of imidazole rings is 1. The normalized spacial score (nSPS) is 11.4. The summed E-state index contributed by atoms with van der Waals surface area (Å²) in [5.41, 5.74) is 1.40. The molecule has 1 aromatic carbocycles. The van der Waals surface area contributed by atoms with Gasteiger partial charge in [-0.1, -0.05) is 153 Å². The highest BCUT2D eigenvalue weighted by molar-refractivity contribution is 5.13. The van der Waals surface area contributed by atoms with E-state index in [1.165, 1.54) is 153 Å². The van der Waals surface area contributed by atoms with Crippen molar-refractivity contribution in [2.45, 2.75) is 162 Å².